The molecule has 1 aliphatic rings. The highest BCUT2D eigenvalue weighted by atomic mass is 32.2. The summed E-state index contributed by atoms with van der Waals surface area (Å²) < 4.78 is 2.23. The largest absolute Gasteiger partial charge is 0.322 e. The molecule has 1 fully saturated rings. The molecule has 4 aromatic rings. The van der Waals surface area contributed by atoms with Crippen molar-refractivity contribution in [2.75, 3.05) is 21.9 Å². The van der Waals surface area contributed by atoms with E-state index in [-0.39, 0.29) is 5.91 Å². The van der Waals surface area contributed by atoms with Crippen molar-refractivity contribution in [3.05, 3.63) is 90.0 Å². The second-order valence-corrected chi connectivity index (χ2v) is 8.46. The van der Waals surface area contributed by atoms with E-state index in [0.717, 1.165) is 51.4 Å². The summed E-state index contributed by atoms with van der Waals surface area (Å²) in [5, 5.41) is 4.14. The van der Waals surface area contributed by atoms with Gasteiger partial charge >= 0.3 is 0 Å². The molecular weight excluding hydrogens is 390 g/mol. The third-order valence-corrected chi connectivity index (χ3v) is 6.40. The number of carbonyl (C=O) groups excluding carboxylic acids is 1. The van der Waals surface area contributed by atoms with Crippen LogP contribution in [0.25, 0.3) is 22.2 Å². The van der Waals surface area contributed by atoms with Crippen molar-refractivity contribution in [3.63, 3.8) is 0 Å². The Bertz CT molecular complexity index is 1230. The molecule has 148 valence electrons. The van der Waals surface area contributed by atoms with Gasteiger partial charge in [-0.05, 0) is 73.0 Å². The Balaban J connectivity index is 1.39. The number of aryl methyl sites for hydroxylation is 1. The van der Waals surface area contributed by atoms with Gasteiger partial charge in [0.1, 0.15) is 0 Å². The van der Waals surface area contributed by atoms with E-state index in [1.54, 1.807) is 11.9 Å². The lowest BCUT2D eigenvalue weighted by Crippen LogP contribution is -2.28. The molecule has 1 saturated heterocycles. The second kappa shape index (κ2) is 7.84. The molecular formula is C25H21N3OS. The van der Waals surface area contributed by atoms with Crippen LogP contribution in [-0.4, -0.2) is 23.2 Å². The van der Waals surface area contributed by atoms with Crippen LogP contribution in [0, 0.1) is 6.92 Å². The maximum absolute atomic E-state index is 12.7. The summed E-state index contributed by atoms with van der Waals surface area (Å²) in [6.45, 7) is 3.12. The minimum Gasteiger partial charge on any atom is -0.322 e. The predicted octanol–water partition coefficient (Wildman–Crippen LogP) is 5.93. The Morgan fingerprint density at radius 2 is 1.80 bits per heavy atom. The van der Waals surface area contributed by atoms with Gasteiger partial charge in [-0.1, -0.05) is 30.3 Å². The number of aromatic nitrogens is 1. The number of fused-ring (bicyclic) bond motifs is 1. The van der Waals surface area contributed by atoms with Gasteiger partial charge in [0.2, 0.25) is 0 Å². The van der Waals surface area contributed by atoms with E-state index in [4.69, 9.17) is 4.98 Å². The number of hydrogen-bond donors (Lipinski definition) is 1. The molecule has 1 aromatic heterocycles. The zero-order valence-electron chi connectivity index (χ0n) is 16.6. The lowest BCUT2D eigenvalue weighted by Gasteiger charge is -2.31. The van der Waals surface area contributed by atoms with Crippen LogP contribution in [0.2, 0.25) is 0 Å². The van der Waals surface area contributed by atoms with Gasteiger partial charge < -0.3 is 9.62 Å². The number of pyridine rings is 1. The molecule has 0 unspecified atom stereocenters. The number of hydrogen-bond acceptors (Lipinski definition) is 4. The van der Waals surface area contributed by atoms with Crippen molar-refractivity contribution in [2.24, 2.45) is 0 Å². The molecule has 1 aliphatic heterocycles. The Labute approximate surface area is 180 Å². The summed E-state index contributed by atoms with van der Waals surface area (Å²) in [7, 11) is 0. The van der Waals surface area contributed by atoms with Gasteiger partial charge in [0, 0.05) is 40.2 Å². The second-order valence-electron chi connectivity index (χ2n) is 7.36. The zero-order valence-corrected chi connectivity index (χ0v) is 17.4. The summed E-state index contributed by atoms with van der Waals surface area (Å²) in [5.41, 5.74) is 6.55. The van der Waals surface area contributed by atoms with Gasteiger partial charge in [0.25, 0.3) is 5.91 Å². The minimum atomic E-state index is -0.112. The van der Waals surface area contributed by atoms with E-state index >= 15 is 0 Å². The molecule has 30 heavy (non-hydrogen) atoms. The molecule has 0 spiro atoms. The number of nitrogens with one attached hydrogen (secondary N) is 1. The molecule has 0 radical (unpaired) electrons. The number of benzene rings is 3. The number of rotatable bonds is 4. The fourth-order valence-electron chi connectivity index (χ4n) is 3.56. The van der Waals surface area contributed by atoms with Crippen molar-refractivity contribution < 1.29 is 4.79 Å². The first-order chi connectivity index (χ1) is 14.7. The van der Waals surface area contributed by atoms with Crippen LogP contribution in [-0.2, 0) is 0 Å². The van der Waals surface area contributed by atoms with Crippen LogP contribution in [0.3, 0.4) is 0 Å². The van der Waals surface area contributed by atoms with Gasteiger partial charge in [-0.2, -0.15) is 0 Å². The first-order valence-corrected chi connectivity index (χ1v) is 10.9. The Hall–Kier alpha value is -3.31. The topological polar surface area (TPSA) is 45.2 Å². The Morgan fingerprint density at radius 1 is 1.00 bits per heavy atom. The quantitative estimate of drug-likeness (QED) is 0.423. The first kappa shape index (κ1) is 18.7. The van der Waals surface area contributed by atoms with Gasteiger partial charge in [-0.3, -0.25) is 4.79 Å². The molecule has 1 amide bonds. The molecule has 0 saturated carbocycles. The van der Waals surface area contributed by atoms with Gasteiger partial charge in [0.15, 0.2) is 0 Å². The number of carbonyl (C=O) groups is 1. The molecule has 0 atom stereocenters. The molecule has 1 N–H and O–H groups in total. The van der Waals surface area contributed by atoms with Crippen LogP contribution < -0.4 is 9.62 Å². The Kier molecular flexibility index (Phi) is 4.89. The van der Waals surface area contributed by atoms with Crippen molar-refractivity contribution in [3.8, 4) is 11.3 Å². The fourth-order valence-corrected chi connectivity index (χ4v) is 4.20. The molecule has 5 heteroatoms. The maximum Gasteiger partial charge on any atom is 0.255 e. The Morgan fingerprint density at radius 3 is 2.57 bits per heavy atom. The summed E-state index contributed by atoms with van der Waals surface area (Å²) in [6.07, 6.45) is 0. The molecule has 0 bridgehead atoms. The standard InChI is InChI=1S/C25H21N3OS/c1-17-6-10-20(16-22(17)24-13-9-18-4-2-3-5-23(18)27-24)26-25(29)19-7-11-21(12-8-19)28-14-15-30-28/h2-13,16H,14-15H2,1H3,(H,26,29). The van der Waals surface area contributed by atoms with Crippen LogP contribution in [0.1, 0.15) is 15.9 Å². The number of para-hydroxylation sites is 1. The lowest BCUT2D eigenvalue weighted by molar-refractivity contribution is 0.102. The van der Waals surface area contributed by atoms with Gasteiger partial charge in [0.05, 0.1) is 11.2 Å². The summed E-state index contributed by atoms with van der Waals surface area (Å²) in [4.78, 5) is 17.5. The molecule has 2 heterocycles. The summed E-state index contributed by atoms with van der Waals surface area (Å²) in [6, 6.07) is 25.9. The number of anilines is 2. The number of nitrogens with zero attached hydrogens (tertiary/aromatic N) is 2. The van der Waals surface area contributed by atoms with Crippen LogP contribution in [0.15, 0.2) is 78.9 Å². The molecule has 4 nitrogen and oxygen atoms in total. The van der Waals surface area contributed by atoms with E-state index in [1.165, 1.54) is 0 Å². The minimum absolute atomic E-state index is 0.112. The summed E-state index contributed by atoms with van der Waals surface area (Å²) >= 11 is 1.80. The normalized spacial score (nSPS) is 13.2. The average molecular weight is 412 g/mol. The van der Waals surface area contributed by atoms with E-state index in [0.29, 0.717) is 5.56 Å². The predicted molar refractivity (Wildman–Crippen MR) is 126 cm³/mol. The fraction of sp³-hybridized carbons (Fsp3) is 0.120. The smallest absolute Gasteiger partial charge is 0.255 e. The van der Waals surface area contributed by atoms with Crippen molar-refractivity contribution >= 4 is 40.1 Å². The van der Waals surface area contributed by atoms with E-state index < -0.39 is 0 Å². The van der Waals surface area contributed by atoms with Crippen molar-refractivity contribution in [1.29, 1.82) is 0 Å². The van der Waals surface area contributed by atoms with Gasteiger partial charge in [-0.15, -0.1) is 0 Å². The van der Waals surface area contributed by atoms with Crippen molar-refractivity contribution in [1.82, 2.24) is 4.98 Å². The zero-order chi connectivity index (χ0) is 20.5. The van der Waals surface area contributed by atoms with E-state index in [9.17, 15) is 4.79 Å². The van der Waals surface area contributed by atoms with E-state index in [1.807, 2.05) is 66.7 Å². The SMILES string of the molecule is Cc1ccc(NC(=O)c2ccc(N3CCS3)cc2)cc1-c1ccc2ccccc2n1. The third kappa shape index (κ3) is 3.64. The number of amides is 1. The third-order valence-electron chi connectivity index (χ3n) is 5.33. The summed E-state index contributed by atoms with van der Waals surface area (Å²) in [5.74, 6) is 1.04. The molecule has 3 aromatic carbocycles. The maximum atomic E-state index is 12.7. The highest BCUT2D eigenvalue weighted by molar-refractivity contribution is 8.02. The van der Waals surface area contributed by atoms with Crippen LogP contribution in [0.4, 0.5) is 11.4 Å². The van der Waals surface area contributed by atoms with Crippen LogP contribution >= 0.6 is 11.9 Å². The molecule has 5 rings (SSSR count). The highest BCUT2D eigenvalue weighted by Gasteiger charge is 2.16. The monoisotopic (exact) mass is 411 g/mol. The lowest BCUT2D eigenvalue weighted by atomic mass is 10.0. The van der Waals surface area contributed by atoms with Gasteiger partial charge in [-0.25, -0.2) is 4.98 Å². The molecule has 0 aliphatic carbocycles. The first-order valence-electron chi connectivity index (χ1n) is 9.96. The van der Waals surface area contributed by atoms with Crippen LogP contribution in [0.5, 0.6) is 0 Å². The van der Waals surface area contributed by atoms with E-state index in [2.05, 4.69) is 28.7 Å². The highest BCUT2D eigenvalue weighted by Crippen LogP contribution is 2.30. The average Bonchev–Trinajstić information content (AvgIpc) is 2.74. The van der Waals surface area contributed by atoms with Crippen molar-refractivity contribution in [2.45, 2.75) is 6.92 Å².